The van der Waals surface area contributed by atoms with Crippen LogP contribution in [0.5, 0.6) is 0 Å². The van der Waals surface area contributed by atoms with Crippen LogP contribution in [0, 0.1) is 5.92 Å². The van der Waals surface area contributed by atoms with Crippen molar-refractivity contribution in [2.45, 2.75) is 19.8 Å². The third-order valence-electron chi connectivity index (χ3n) is 1.74. The summed E-state index contributed by atoms with van der Waals surface area (Å²) >= 11 is 4.22. The molecule has 0 saturated carbocycles. The predicted molar refractivity (Wildman–Crippen MR) is 50.8 cm³/mol. The van der Waals surface area contributed by atoms with E-state index in [-0.39, 0.29) is 0 Å². The fourth-order valence-corrected chi connectivity index (χ4v) is 1.49. The minimum atomic E-state index is 0.840. The van der Waals surface area contributed by atoms with Crippen molar-refractivity contribution in [3.8, 4) is 0 Å². The molecule has 62 valence electrons. The van der Waals surface area contributed by atoms with Crippen LogP contribution >= 0.6 is 12.6 Å². The van der Waals surface area contributed by atoms with Crippen molar-refractivity contribution in [2.75, 3.05) is 26.4 Å². The van der Waals surface area contributed by atoms with E-state index in [1.54, 1.807) is 0 Å². The average molecular weight is 161 g/mol. The molecular formula is C8H19NS. The Morgan fingerprint density at radius 3 is 2.30 bits per heavy atom. The number of hydrogen-bond donors (Lipinski definition) is 1. The zero-order valence-electron chi connectivity index (χ0n) is 7.30. The van der Waals surface area contributed by atoms with Crippen molar-refractivity contribution in [1.82, 2.24) is 4.90 Å². The van der Waals surface area contributed by atoms with Crippen LogP contribution in [0.2, 0.25) is 0 Å². The van der Waals surface area contributed by atoms with Crippen LogP contribution in [0.25, 0.3) is 0 Å². The maximum atomic E-state index is 4.22. The van der Waals surface area contributed by atoms with Crippen molar-refractivity contribution < 1.29 is 0 Å². The highest BCUT2D eigenvalue weighted by atomic mass is 32.1. The van der Waals surface area contributed by atoms with Gasteiger partial charge in [0.15, 0.2) is 0 Å². The molecule has 0 aromatic heterocycles. The monoisotopic (exact) mass is 161 g/mol. The van der Waals surface area contributed by atoms with E-state index in [1.807, 2.05) is 0 Å². The highest BCUT2D eigenvalue weighted by Gasteiger charge is 2.04. The zero-order chi connectivity index (χ0) is 7.98. The fraction of sp³-hybridized carbons (Fsp3) is 1.00. The second-order valence-corrected chi connectivity index (χ2v) is 3.50. The zero-order valence-corrected chi connectivity index (χ0v) is 8.19. The summed E-state index contributed by atoms with van der Waals surface area (Å²) in [7, 11) is 4.25. The Bertz CT molecular complexity index is 73.7. The first-order chi connectivity index (χ1) is 4.70. The van der Waals surface area contributed by atoms with E-state index in [4.69, 9.17) is 0 Å². The van der Waals surface area contributed by atoms with Gasteiger partial charge in [0.25, 0.3) is 0 Å². The van der Waals surface area contributed by atoms with Crippen LogP contribution in [-0.4, -0.2) is 31.3 Å². The Kier molecular flexibility index (Phi) is 6.24. The lowest BCUT2D eigenvalue weighted by Gasteiger charge is -2.18. The molecule has 0 bridgehead atoms. The SMILES string of the molecule is CCC(CCS)CN(C)C. The lowest BCUT2D eigenvalue weighted by atomic mass is 10.0. The van der Waals surface area contributed by atoms with Gasteiger partial charge < -0.3 is 4.90 Å². The number of thiol groups is 1. The lowest BCUT2D eigenvalue weighted by Crippen LogP contribution is -2.21. The summed E-state index contributed by atoms with van der Waals surface area (Å²) in [4.78, 5) is 2.25. The molecule has 0 aliphatic heterocycles. The minimum Gasteiger partial charge on any atom is -0.309 e. The Morgan fingerprint density at radius 2 is 2.00 bits per heavy atom. The highest BCUT2D eigenvalue weighted by molar-refractivity contribution is 7.80. The Morgan fingerprint density at radius 1 is 1.40 bits per heavy atom. The Hall–Kier alpha value is 0.310. The quantitative estimate of drug-likeness (QED) is 0.603. The van der Waals surface area contributed by atoms with Crippen LogP contribution in [0.4, 0.5) is 0 Å². The molecule has 0 aliphatic carbocycles. The van der Waals surface area contributed by atoms with E-state index in [0.717, 1.165) is 11.7 Å². The summed E-state index contributed by atoms with van der Waals surface area (Å²) in [5.41, 5.74) is 0. The molecule has 0 aromatic rings. The van der Waals surface area contributed by atoms with Gasteiger partial charge in [-0.25, -0.2) is 0 Å². The Labute approximate surface area is 70.2 Å². The smallest absolute Gasteiger partial charge is 0.000375 e. The molecule has 2 heteroatoms. The highest BCUT2D eigenvalue weighted by Crippen LogP contribution is 2.09. The largest absolute Gasteiger partial charge is 0.309 e. The second kappa shape index (κ2) is 6.05. The van der Waals surface area contributed by atoms with Crippen molar-refractivity contribution in [1.29, 1.82) is 0 Å². The first kappa shape index (κ1) is 10.3. The molecule has 1 unspecified atom stereocenters. The molecule has 1 nitrogen and oxygen atoms in total. The summed E-state index contributed by atoms with van der Waals surface area (Å²) in [6.45, 7) is 3.45. The van der Waals surface area contributed by atoms with E-state index >= 15 is 0 Å². The standard InChI is InChI=1S/C8H19NS/c1-4-8(5-6-10)7-9(2)3/h8,10H,4-7H2,1-3H3. The summed E-state index contributed by atoms with van der Waals surface area (Å²) < 4.78 is 0. The first-order valence-corrected chi connectivity index (χ1v) is 4.59. The summed E-state index contributed by atoms with van der Waals surface area (Å²) in [5.74, 6) is 1.86. The van der Waals surface area contributed by atoms with Gasteiger partial charge in [-0.05, 0) is 32.2 Å². The average Bonchev–Trinajstić information content (AvgIpc) is 1.86. The van der Waals surface area contributed by atoms with Crippen molar-refractivity contribution in [3.63, 3.8) is 0 Å². The molecule has 0 radical (unpaired) electrons. The number of nitrogens with zero attached hydrogens (tertiary/aromatic N) is 1. The Balaban J connectivity index is 3.39. The maximum absolute atomic E-state index is 4.22. The van der Waals surface area contributed by atoms with Gasteiger partial charge in [0.2, 0.25) is 0 Å². The molecule has 0 amide bonds. The number of rotatable bonds is 5. The van der Waals surface area contributed by atoms with Crippen LogP contribution in [0.1, 0.15) is 19.8 Å². The molecule has 0 saturated heterocycles. The van der Waals surface area contributed by atoms with Gasteiger partial charge in [0.05, 0.1) is 0 Å². The molecule has 10 heavy (non-hydrogen) atoms. The van der Waals surface area contributed by atoms with Crippen LogP contribution in [0.15, 0.2) is 0 Å². The molecule has 0 heterocycles. The summed E-state index contributed by atoms with van der Waals surface area (Å²) in [5, 5.41) is 0. The number of hydrogen-bond acceptors (Lipinski definition) is 2. The fourth-order valence-electron chi connectivity index (χ4n) is 1.12. The molecule has 0 aromatic carbocycles. The molecule has 0 spiro atoms. The van der Waals surface area contributed by atoms with Gasteiger partial charge >= 0.3 is 0 Å². The van der Waals surface area contributed by atoms with Crippen LogP contribution in [-0.2, 0) is 0 Å². The van der Waals surface area contributed by atoms with Gasteiger partial charge in [0.1, 0.15) is 0 Å². The molecule has 0 N–H and O–H groups in total. The molecule has 0 aliphatic rings. The van der Waals surface area contributed by atoms with Crippen LogP contribution < -0.4 is 0 Å². The van der Waals surface area contributed by atoms with E-state index in [0.29, 0.717) is 0 Å². The van der Waals surface area contributed by atoms with Crippen molar-refractivity contribution in [3.05, 3.63) is 0 Å². The van der Waals surface area contributed by atoms with Crippen molar-refractivity contribution >= 4 is 12.6 Å². The van der Waals surface area contributed by atoms with Gasteiger partial charge in [-0.2, -0.15) is 12.6 Å². The normalized spacial score (nSPS) is 14.1. The second-order valence-electron chi connectivity index (χ2n) is 3.05. The molecule has 0 fully saturated rings. The van der Waals surface area contributed by atoms with Crippen LogP contribution in [0.3, 0.4) is 0 Å². The molecule has 0 rings (SSSR count). The maximum Gasteiger partial charge on any atom is 0.000375 e. The minimum absolute atomic E-state index is 0.840. The van der Waals surface area contributed by atoms with Gasteiger partial charge in [-0.3, -0.25) is 0 Å². The third-order valence-corrected chi connectivity index (χ3v) is 2.00. The van der Waals surface area contributed by atoms with E-state index in [1.165, 1.54) is 19.4 Å². The van der Waals surface area contributed by atoms with Gasteiger partial charge in [-0.15, -0.1) is 0 Å². The van der Waals surface area contributed by atoms with Gasteiger partial charge in [-0.1, -0.05) is 13.3 Å². The van der Waals surface area contributed by atoms with E-state index in [9.17, 15) is 0 Å². The molecule has 1 atom stereocenters. The van der Waals surface area contributed by atoms with Crippen molar-refractivity contribution in [2.24, 2.45) is 5.92 Å². The summed E-state index contributed by atoms with van der Waals surface area (Å²) in [6.07, 6.45) is 2.52. The van der Waals surface area contributed by atoms with E-state index < -0.39 is 0 Å². The molecular weight excluding hydrogens is 142 g/mol. The topological polar surface area (TPSA) is 3.24 Å². The lowest BCUT2D eigenvalue weighted by molar-refractivity contribution is 0.314. The van der Waals surface area contributed by atoms with E-state index in [2.05, 4.69) is 38.5 Å². The third kappa shape index (κ3) is 5.12. The van der Waals surface area contributed by atoms with Gasteiger partial charge in [0, 0.05) is 6.54 Å². The predicted octanol–water partition coefficient (Wildman–Crippen LogP) is 1.89. The first-order valence-electron chi connectivity index (χ1n) is 3.96. The summed E-state index contributed by atoms with van der Waals surface area (Å²) in [6, 6.07) is 0.